The number of aryl methyl sites for hydroxylation is 1. The van der Waals surface area contributed by atoms with Crippen LogP contribution in [0.25, 0.3) is 0 Å². The summed E-state index contributed by atoms with van der Waals surface area (Å²) in [6.07, 6.45) is 0.561. The predicted molar refractivity (Wildman–Crippen MR) is 94.6 cm³/mol. The van der Waals surface area contributed by atoms with E-state index in [-0.39, 0.29) is 11.3 Å². The lowest BCUT2D eigenvalue weighted by Crippen LogP contribution is -2.47. The van der Waals surface area contributed by atoms with Crippen molar-refractivity contribution in [3.8, 4) is 6.07 Å². The van der Waals surface area contributed by atoms with Crippen LogP contribution in [0.3, 0.4) is 0 Å². The first-order valence-corrected chi connectivity index (χ1v) is 9.37. The highest BCUT2D eigenvalue weighted by Crippen LogP contribution is 2.45. The molecule has 0 saturated carbocycles. The van der Waals surface area contributed by atoms with Gasteiger partial charge in [-0.15, -0.1) is 0 Å². The van der Waals surface area contributed by atoms with Crippen molar-refractivity contribution in [2.24, 2.45) is 0 Å². The monoisotopic (exact) mass is 360 g/mol. The Morgan fingerprint density at radius 3 is 2.54 bits per heavy atom. The van der Waals surface area contributed by atoms with Crippen LogP contribution in [0.2, 0.25) is 5.02 Å². The highest BCUT2D eigenvalue weighted by molar-refractivity contribution is 7.93. The van der Waals surface area contributed by atoms with Gasteiger partial charge in [0.2, 0.25) is 0 Å². The standard InChI is InChI=1S/C18H17ClN2O2S/c1-13-3-6-16(7-4-13)24(22,23)21-17-8-5-15(19)11-14(17)12-18(21,2)9-10-20/h3-8,11H,9,12H2,1-2H3. The quantitative estimate of drug-likeness (QED) is 0.828. The maximum absolute atomic E-state index is 13.3. The number of rotatable bonds is 3. The minimum atomic E-state index is -3.77. The third-order valence-corrected chi connectivity index (χ3v) is 6.56. The molecule has 4 nitrogen and oxygen atoms in total. The number of hydrogen-bond acceptors (Lipinski definition) is 3. The summed E-state index contributed by atoms with van der Waals surface area (Å²) in [6.45, 7) is 3.71. The van der Waals surface area contributed by atoms with Crippen molar-refractivity contribution in [3.63, 3.8) is 0 Å². The molecule has 124 valence electrons. The second kappa shape index (κ2) is 5.80. The molecule has 1 atom stereocenters. The minimum Gasteiger partial charge on any atom is -0.259 e. The largest absolute Gasteiger partial charge is 0.264 e. The topological polar surface area (TPSA) is 61.2 Å². The van der Waals surface area contributed by atoms with E-state index >= 15 is 0 Å². The Labute approximate surface area is 147 Å². The summed E-state index contributed by atoms with van der Waals surface area (Å²) in [6, 6.07) is 14.0. The number of nitriles is 1. The average molecular weight is 361 g/mol. The summed E-state index contributed by atoms with van der Waals surface area (Å²) >= 11 is 6.06. The highest BCUT2D eigenvalue weighted by atomic mass is 35.5. The zero-order valence-corrected chi connectivity index (χ0v) is 15.0. The van der Waals surface area contributed by atoms with E-state index in [1.807, 2.05) is 6.92 Å². The molecular weight excluding hydrogens is 344 g/mol. The molecule has 2 aromatic rings. The number of hydrogen-bond donors (Lipinski definition) is 0. The molecule has 1 aliphatic rings. The molecule has 0 fully saturated rings. The van der Waals surface area contributed by atoms with Crippen molar-refractivity contribution in [1.29, 1.82) is 5.26 Å². The fraction of sp³-hybridized carbons (Fsp3) is 0.278. The second-order valence-corrected chi connectivity index (χ2v) is 8.59. The van der Waals surface area contributed by atoms with Gasteiger partial charge in [0.05, 0.1) is 28.6 Å². The molecule has 0 aliphatic carbocycles. The molecule has 0 aromatic heterocycles. The smallest absolute Gasteiger partial charge is 0.259 e. The number of benzene rings is 2. The van der Waals surface area contributed by atoms with Crippen LogP contribution < -0.4 is 4.31 Å². The number of halogens is 1. The number of fused-ring (bicyclic) bond motifs is 1. The molecule has 6 heteroatoms. The number of nitrogens with zero attached hydrogens (tertiary/aromatic N) is 2. The Balaban J connectivity index is 2.19. The summed E-state index contributed by atoms with van der Waals surface area (Å²) in [5.41, 5.74) is 1.60. The normalized spacial score (nSPS) is 19.8. The Hall–Kier alpha value is -2.03. The van der Waals surface area contributed by atoms with E-state index in [0.29, 0.717) is 17.1 Å². The van der Waals surface area contributed by atoms with E-state index in [2.05, 4.69) is 6.07 Å². The number of anilines is 1. The van der Waals surface area contributed by atoms with Crippen molar-refractivity contribution in [1.82, 2.24) is 0 Å². The van der Waals surface area contributed by atoms with Gasteiger partial charge in [-0.1, -0.05) is 29.3 Å². The van der Waals surface area contributed by atoms with Gasteiger partial charge in [0.1, 0.15) is 0 Å². The molecule has 2 aromatic carbocycles. The van der Waals surface area contributed by atoms with Crippen LogP contribution in [0, 0.1) is 18.3 Å². The van der Waals surface area contributed by atoms with Crippen molar-refractivity contribution in [2.75, 3.05) is 4.31 Å². The molecule has 0 bridgehead atoms. The third-order valence-electron chi connectivity index (χ3n) is 4.34. The van der Waals surface area contributed by atoms with Crippen LogP contribution in [0.4, 0.5) is 5.69 Å². The molecule has 3 rings (SSSR count). The van der Waals surface area contributed by atoms with E-state index in [1.54, 1.807) is 49.4 Å². The van der Waals surface area contributed by atoms with Crippen LogP contribution in [0.15, 0.2) is 47.4 Å². The van der Waals surface area contributed by atoms with Crippen molar-refractivity contribution in [2.45, 2.75) is 37.1 Å². The summed E-state index contributed by atoms with van der Waals surface area (Å²) in [7, 11) is -3.77. The van der Waals surface area contributed by atoms with Crippen LogP contribution in [0.1, 0.15) is 24.5 Å². The summed E-state index contributed by atoms with van der Waals surface area (Å²) < 4.78 is 27.9. The molecule has 1 heterocycles. The Morgan fingerprint density at radius 1 is 1.25 bits per heavy atom. The van der Waals surface area contributed by atoms with Gasteiger partial charge in [0.25, 0.3) is 10.0 Å². The lowest BCUT2D eigenvalue weighted by molar-refractivity contribution is 0.490. The van der Waals surface area contributed by atoms with Gasteiger partial charge in [0.15, 0.2) is 0 Å². The second-order valence-electron chi connectivity index (χ2n) is 6.36. The van der Waals surface area contributed by atoms with Gasteiger partial charge in [-0.3, -0.25) is 4.31 Å². The molecule has 1 aliphatic heterocycles. The van der Waals surface area contributed by atoms with Crippen molar-refractivity contribution in [3.05, 3.63) is 58.6 Å². The van der Waals surface area contributed by atoms with Gasteiger partial charge in [-0.25, -0.2) is 8.42 Å². The molecule has 0 radical (unpaired) electrons. The maximum atomic E-state index is 13.3. The molecule has 24 heavy (non-hydrogen) atoms. The van der Waals surface area contributed by atoms with Crippen molar-refractivity contribution >= 4 is 27.3 Å². The Morgan fingerprint density at radius 2 is 1.92 bits per heavy atom. The van der Waals surface area contributed by atoms with Crippen LogP contribution in [0.5, 0.6) is 0 Å². The molecule has 0 N–H and O–H groups in total. The Kier molecular flexibility index (Phi) is 4.06. The molecular formula is C18H17ClN2O2S. The van der Waals surface area contributed by atoms with Gasteiger partial charge < -0.3 is 0 Å². The van der Waals surface area contributed by atoms with E-state index in [9.17, 15) is 13.7 Å². The summed E-state index contributed by atoms with van der Waals surface area (Å²) in [5, 5.41) is 9.78. The Bertz CT molecular complexity index is 932. The van der Waals surface area contributed by atoms with E-state index in [1.165, 1.54) is 4.31 Å². The highest BCUT2D eigenvalue weighted by Gasteiger charge is 2.46. The zero-order chi connectivity index (χ0) is 17.5. The van der Waals surface area contributed by atoms with Gasteiger partial charge >= 0.3 is 0 Å². The first-order valence-electron chi connectivity index (χ1n) is 7.55. The fourth-order valence-electron chi connectivity index (χ4n) is 3.21. The first-order chi connectivity index (χ1) is 11.3. The van der Waals surface area contributed by atoms with Gasteiger partial charge in [-0.05, 0) is 56.2 Å². The lowest BCUT2D eigenvalue weighted by Gasteiger charge is -2.34. The lowest BCUT2D eigenvalue weighted by atomic mass is 9.95. The SMILES string of the molecule is Cc1ccc(S(=O)(=O)N2c3ccc(Cl)cc3CC2(C)CC#N)cc1. The molecule has 1 unspecified atom stereocenters. The van der Waals surface area contributed by atoms with Crippen LogP contribution >= 0.6 is 11.6 Å². The zero-order valence-electron chi connectivity index (χ0n) is 13.5. The maximum Gasteiger partial charge on any atom is 0.264 e. The van der Waals surface area contributed by atoms with Gasteiger partial charge in [-0.2, -0.15) is 5.26 Å². The summed E-state index contributed by atoms with van der Waals surface area (Å²) in [5.74, 6) is 0. The van der Waals surface area contributed by atoms with E-state index in [4.69, 9.17) is 11.6 Å². The number of sulfonamides is 1. The molecule has 0 saturated heterocycles. The third kappa shape index (κ3) is 2.66. The predicted octanol–water partition coefficient (Wildman–Crippen LogP) is 4.07. The molecule has 0 spiro atoms. The van der Waals surface area contributed by atoms with Crippen molar-refractivity contribution < 1.29 is 8.42 Å². The summed E-state index contributed by atoms with van der Waals surface area (Å²) in [4.78, 5) is 0.222. The average Bonchev–Trinajstić information content (AvgIpc) is 2.79. The fourth-order valence-corrected chi connectivity index (χ4v) is 5.24. The van der Waals surface area contributed by atoms with E-state index < -0.39 is 15.6 Å². The van der Waals surface area contributed by atoms with Crippen LogP contribution in [-0.4, -0.2) is 14.0 Å². The van der Waals surface area contributed by atoms with E-state index in [0.717, 1.165) is 11.1 Å². The van der Waals surface area contributed by atoms with Crippen LogP contribution in [-0.2, 0) is 16.4 Å². The van der Waals surface area contributed by atoms with Gasteiger partial charge in [0, 0.05) is 5.02 Å². The molecule has 0 amide bonds. The minimum absolute atomic E-state index is 0.102. The first kappa shape index (κ1) is 16.8.